The number of hydrogen-bond acceptors (Lipinski definition) is 3. The van der Waals surface area contributed by atoms with Gasteiger partial charge in [-0.1, -0.05) is 11.6 Å². The monoisotopic (exact) mass is 252 g/mol. The molecule has 1 N–H and O–H groups in total. The van der Waals surface area contributed by atoms with Gasteiger partial charge in [-0.15, -0.1) is 0 Å². The Balaban J connectivity index is 1.98. The molecule has 90 valence electrons. The van der Waals surface area contributed by atoms with Gasteiger partial charge in [0.2, 0.25) is 0 Å². The Morgan fingerprint density at radius 3 is 3.24 bits per heavy atom. The zero-order chi connectivity index (χ0) is 11.8. The van der Waals surface area contributed by atoms with E-state index in [1.54, 1.807) is 6.26 Å². The highest BCUT2D eigenvalue weighted by Crippen LogP contribution is 2.32. The van der Waals surface area contributed by atoms with Gasteiger partial charge in [-0.05, 0) is 25.0 Å². The molecule has 0 saturated heterocycles. The zero-order valence-corrected chi connectivity index (χ0v) is 10.0. The molecule has 3 rings (SSSR count). The molecular weight excluding hydrogens is 240 g/mol. The smallest absolute Gasteiger partial charge is 0.153 e. The van der Waals surface area contributed by atoms with Crippen molar-refractivity contribution >= 4 is 11.6 Å². The molecule has 2 aromatic rings. The lowest BCUT2D eigenvalue weighted by molar-refractivity contribution is 0.138. The number of hydrogen-bond donors (Lipinski definition) is 1. The van der Waals surface area contributed by atoms with Crippen molar-refractivity contribution in [1.82, 2.24) is 9.55 Å². The Hall–Kier alpha value is -1.26. The quantitative estimate of drug-likeness (QED) is 0.894. The van der Waals surface area contributed by atoms with Gasteiger partial charge in [-0.2, -0.15) is 0 Å². The van der Waals surface area contributed by atoms with Crippen LogP contribution in [0.5, 0.6) is 0 Å². The summed E-state index contributed by atoms with van der Waals surface area (Å²) in [6.07, 6.45) is 3.47. The summed E-state index contributed by atoms with van der Waals surface area (Å²) in [5.74, 6) is 1.72. The van der Waals surface area contributed by atoms with Crippen LogP contribution in [0.2, 0.25) is 5.15 Å². The van der Waals surface area contributed by atoms with Crippen molar-refractivity contribution in [3.05, 3.63) is 40.8 Å². The predicted molar refractivity (Wildman–Crippen MR) is 62.9 cm³/mol. The van der Waals surface area contributed by atoms with E-state index in [1.807, 2.05) is 16.7 Å². The minimum Gasteiger partial charge on any atom is -0.469 e. The predicted octanol–water partition coefficient (Wildman–Crippen LogP) is 2.55. The molecule has 0 bridgehead atoms. The van der Waals surface area contributed by atoms with Crippen molar-refractivity contribution in [3.8, 4) is 0 Å². The Bertz CT molecular complexity index is 519. The van der Waals surface area contributed by atoms with Crippen LogP contribution < -0.4 is 0 Å². The molecule has 0 aliphatic carbocycles. The number of nitrogens with zero attached hydrogens (tertiary/aromatic N) is 2. The van der Waals surface area contributed by atoms with E-state index < -0.39 is 6.10 Å². The van der Waals surface area contributed by atoms with Crippen LogP contribution in [0.15, 0.2) is 22.8 Å². The minimum atomic E-state index is -0.492. The molecular formula is C12H13ClN2O2. The minimum absolute atomic E-state index is 0.416. The van der Waals surface area contributed by atoms with Crippen molar-refractivity contribution in [2.75, 3.05) is 0 Å². The van der Waals surface area contributed by atoms with Crippen LogP contribution in [-0.2, 0) is 13.0 Å². The summed E-state index contributed by atoms with van der Waals surface area (Å²) >= 11 is 6.08. The molecule has 0 spiro atoms. The average Bonchev–Trinajstić information content (AvgIpc) is 2.90. The van der Waals surface area contributed by atoms with Crippen molar-refractivity contribution < 1.29 is 9.52 Å². The Morgan fingerprint density at radius 1 is 1.59 bits per heavy atom. The number of furan rings is 1. The molecule has 0 fully saturated rings. The maximum atomic E-state index is 9.91. The van der Waals surface area contributed by atoms with Crippen LogP contribution in [0.3, 0.4) is 0 Å². The van der Waals surface area contributed by atoms with Crippen LogP contribution in [0, 0.1) is 0 Å². The lowest BCUT2D eigenvalue weighted by atomic mass is 10.1. The number of aliphatic hydroxyl groups is 1. The van der Waals surface area contributed by atoms with Crippen LogP contribution in [-0.4, -0.2) is 14.7 Å². The second kappa shape index (κ2) is 4.20. The van der Waals surface area contributed by atoms with E-state index >= 15 is 0 Å². The third-order valence-corrected chi connectivity index (χ3v) is 3.41. The molecule has 0 saturated carbocycles. The highest BCUT2D eigenvalue weighted by Gasteiger charge is 2.25. The Morgan fingerprint density at radius 2 is 2.47 bits per heavy atom. The summed E-state index contributed by atoms with van der Waals surface area (Å²) in [7, 11) is 0. The van der Waals surface area contributed by atoms with E-state index in [1.165, 1.54) is 0 Å². The SMILES string of the molecule is OC1CCCn2c(Cc3ccco3)nc(Cl)c21. The molecule has 1 unspecified atom stereocenters. The number of aromatic nitrogens is 2. The second-order valence-corrected chi connectivity index (χ2v) is 4.63. The molecule has 1 aliphatic heterocycles. The van der Waals surface area contributed by atoms with E-state index in [2.05, 4.69) is 4.98 Å². The first-order valence-corrected chi connectivity index (χ1v) is 6.08. The maximum absolute atomic E-state index is 9.91. The molecule has 1 atom stereocenters. The van der Waals surface area contributed by atoms with E-state index in [-0.39, 0.29) is 0 Å². The van der Waals surface area contributed by atoms with Crippen molar-refractivity contribution in [2.24, 2.45) is 0 Å². The van der Waals surface area contributed by atoms with E-state index in [9.17, 15) is 5.11 Å². The maximum Gasteiger partial charge on any atom is 0.153 e. The fourth-order valence-corrected chi connectivity index (χ4v) is 2.66. The average molecular weight is 253 g/mol. The van der Waals surface area contributed by atoms with Gasteiger partial charge >= 0.3 is 0 Å². The number of rotatable bonds is 2. The van der Waals surface area contributed by atoms with Gasteiger partial charge in [0, 0.05) is 6.54 Å². The molecule has 0 amide bonds. The first kappa shape index (κ1) is 10.9. The molecule has 1 aliphatic rings. The topological polar surface area (TPSA) is 51.2 Å². The van der Waals surface area contributed by atoms with E-state index in [4.69, 9.17) is 16.0 Å². The molecule has 4 nitrogen and oxygen atoms in total. The Labute approximate surface area is 104 Å². The number of aliphatic hydroxyl groups excluding tert-OH is 1. The third kappa shape index (κ3) is 1.87. The normalized spacial score (nSPS) is 19.3. The summed E-state index contributed by atoms with van der Waals surface area (Å²) in [4.78, 5) is 4.33. The molecule has 2 aromatic heterocycles. The van der Waals surface area contributed by atoms with Crippen molar-refractivity contribution in [2.45, 2.75) is 31.9 Å². The summed E-state index contributed by atoms with van der Waals surface area (Å²) in [6.45, 7) is 0.863. The van der Waals surface area contributed by atoms with Gasteiger partial charge in [0.25, 0.3) is 0 Å². The van der Waals surface area contributed by atoms with Crippen LogP contribution in [0.25, 0.3) is 0 Å². The van der Waals surface area contributed by atoms with Gasteiger partial charge in [-0.3, -0.25) is 0 Å². The van der Waals surface area contributed by atoms with Gasteiger partial charge < -0.3 is 14.1 Å². The molecule has 0 radical (unpaired) electrons. The van der Waals surface area contributed by atoms with Gasteiger partial charge in [0.1, 0.15) is 11.6 Å². The first-order valence-electron chi connectivity index (χ1n) is 5.71. The van der Waals surface area contributed by atoms with Gasteiger partial charge in [0.05, 0.1) is 24.5 Å². The zero-order valence-electron chi connectivity index (χ0n) is 9.27. The van der Waals surface area contributed by atoms with Crippen molar-refractivity contribution in [1.29, 1.82) is 0 Å². The molecule has 5 heteroatoms. The van der Waals surface area contributed by atoms with E-state index in [0.29, 0.717) is 11.6 Å². The first-order chi connectivity index (χ1) is 8.25. The van der Waals surface area contributed by atoms with Crippen LogP contribution in [0.4, 0.5) is 0 Å². The van der Waals surface area contributed by atoms with Crippen LogP contribution in [0.1, 0.15) is 36.2 Å². The van der Waals surface area contributed by atoms with Crippen molar-refractivity contribution in [3.63, 3.8) is 0 Å². The fraction of sp³-hybridized carbons (Fsp3) is 0.417. The lowest BCUT2D eigenvalue weighted by Gasteiger charge is -2.21. The highest BCUT2D eigenvalue weighted by molar-refractivity contribution is 6.30. The number of halogens is 1. The van der Waals surface area contributed by atoms with Gasteiger partial charge in [0.15, 0.2) is 5.15 Å². The highest BCUT2D eigenvalue weighted by atomic mass is 35.5. The Kier molecular flexibility index (Phi) is 2.68. The largest absolute Gasteiger partial charge is 0.469 e. The standard InChI is InChI=1S/C12H13ClN2O2/c13-12-11-9(16)4-1-5-15(11)10(14-12)7-8-3-2-6-17-8/h2-3,6,9,16H,1,4-5,7H2. The lowest BCUT2D eigenvalue weighted by Crippen LogP contribution is -2.17. The van der Waals surface area contributed by atoms with E-state index in [0.717, 1.165) is 36.7 Å². The number of imidazole rings is 1. The molecule has 0 aromatic carbocycles. The summed E-state index contributed by atoms with van der Waals surface area (Å²) in [5, 5.41) is 10.3. The molecule has 17 heavy (non-hydrogen) atoms. The summed E-state index contributed by atoms with van der Waals surface area (Å²) in [5.41, 5.74) is 0.750. The van der Waals surface area contributed by atoms with Crippen LogP contribution >= 0.6 is 11.6 Å². The fourth-order valence-electron chi connectivity index (χ4n) is 2.33. The third-order valence-electron chi connectivity index (χ3n) is 3.13. The summed E-state index contributed by atoms with van der Waals surface area (Å²) in [6, 6.07) is 3.76. The number of fused-ring (bicyclic) bond motifs is 1. The summed E-state index contributed by atoms with van der Waals surface area (Å²) < 4.78 is 7.32. The molecule has 3 heterocycles. The van der Waals surface area contributed by atoms with Gasteiger partial charge in [-0.25, -0.2) is 4.98 Å². The second-order valence-electron chi connectivity index (χ2n) is 4.27.